The fourth-order valence-electron chi connectivity index (χ4n) is 2.48. The average Bonchev–Trinajstić information content (AvgIpc) is 2.88. The van der Waals surface area contributed by atoms with Gasteiger partial charge in [0.05, 0.1) is 5.69 Å². The number of rotatable bonds is 6. The number of carbonyl (C=O) groups excluding carboxylic acids is 1. The Morgan fingerprint density at radius 3 is 2.73 bits per heavy atom. The molecular formula is C18H19NO3. The van der Waals surface area contributed by atoms with Gasteiger partial charge in [-0.15, -0.1) is 12.3 Å². The molecule has 1 aromatic carbocycles. The molecule has 2 rings (SSSR count). The number of aromatic nitrogens is 1. The maximum atomic E-state index is 12.6. The van der Waals surface area contributed by atoms with Gasteiger partial charge >= 0.3 is 5.76 Å². The molecule has 0 unspecified atom stereocenters. The van der Waals surface area contributed by atoms with Crippen molar-refractivity contribution in [3.05, 3.63) is 58.4 Å². The summed E-state index contributed by atoms with van der Waals surface area (Å²) < 4.78 is 6.06. The molecule has 0 amide bonds. The standard InChI is InChI=1S/C18H19NO3/c1-3-8-15(9-4-2)17(20)19-16(13-22-18(19)21)12-14-10-6-5-7-11-14/h1,5-7,10-11,13,15H,4,8-9,12H2,2H3/t15-/m0/s1. The zero-order chi connectivity index (χ0) is 15.9. The Hall–Kier alpha value is -2.54. The van der Waals surface area contributed by atoms with Gasteiger partial charge in [-0.1, -0.05) is 43.7 Å². The van der Waals surface area contributed by atoms with E-state index in [4.69, 9.17) is 10.8 Å². The lowest BCUT2D eigenvalue weighted by molar-refractivity contribution is 0.0817. The lowest BCUT2D eigenvalue weighted by Crippen LogP contribution is -2.30. The van der Waals surface area contributed by atoms with Crippen LogP contribution >= 0.6 is 0 Å². The fraction of sp³-hybridized carbons (Fsp3) is 0.333. The first-order valence-electron chi connectivity index (χ1n) is 7.38. The lowest BCUT2D eigenvalue weighted by Gasteiger charge is -2.13. The maximum absolute atomic E-state index is 12.6. The highest BCUT2D eigenvalue weighted by Gasteiger charge is 2.23. The number of oxazole rings is 1. The van der Waals surface area contributed by atoms with Gasteiger partial charge in [0.2, 0.25) is 5.91 Å². The summed E-state index contributed by atoms with van der Waals surface area (Å²) in [5.41, 5.74) is 1.56. The molecule has 0 aliphatic heterocycles. The molecule has 0 aliphatic carbocycles. The molecule has 22 heavy (non-hydrogen) atoms. The molecule has 0 N–H and O–H groups in total. The van der Waals surface area contributed by atoms with E-state index in [1.807, 2.05) is 37.3 Å². The van der Waals surface area contributed by atoms with Crippen LogP contribution in [0, 0.1) is 18.3 Å². The molecule has 4 nitrogen and oxygen atoms in total. The summed E-state index contributed by atoms with van der Waals surface area (Å²) in [5, 5.41) is 0. The van der Waals surface area contributed by atoms with Gasteiger partial charge in [0.25, 0.3) is 0 Å². The molecule has 1 heterocycles. The van der Waals surface area contributed by atoms with Crippen LogP contribution in [0.2, 0.25) is 0 Å². The van der Waals surface area contributed by atoms with Crippen molar-refractivity contribution in [2.45, 2.75) is 32.6 Å². The van der Waals surface area contributed by atoms with Crippen molar-refractivity contribution in [3.8, 4) is 12.3 Å². The molecule has 0 bridgehead atoms. The first-order valence-corrected chi connectivity index (χ1v) is 7.38. The van der Waals surface area contributed by atoms with Gasteiger partial charge in [0, 0.05) is 18.8 Å². The van der Waals surface area contributed by atoms with Crippen LogP contribution in [0.15, 0.2) is 45.8 Å². The van der Waals surface area contributed by atoms with Crippen molar-refractivity contribution in [2.24, 2.45) is 5.92 Å². The molecule has 0 spiro atoms. The molecule has 0 aliphatic rings. The van der Waals surface area contributed by atoms with Gasteiger partial charge < -0.3 is 4.42 Å². The largest absolute Gasteiger partial charge is 0.426 e. The molecule has 4 heteroatoms. The molecule has 0 saturated heterocycles. The second-order valence-corrected chi connectivity index (χ2v) is 5.22. The molecule has 0 fully saturated rings. The van der Waals surface area contributed by atoms with Crippen LogP contribution in [0.3, 0.4) is 0 Å². The lowest BCUT2D eigenvalue weighted by atomic mass is 9.99. The van der Waals surface area contributed by atoms with Crippen molar-refractivity contribution < 1.29 is 9.21 Å². The number of hydrogen-bond donors (Lipinski definition) is 0. The first-order chi connectivity index (χ1) is 10.7. The van der Waals surface area contributed by atoms with Crippen molar-refractivity contribution >= 4 is 5.91 Å². The van der Waals surface area contributed by atoms with E-state index in [0.717, 1.165) is 16.6 Å². The predicted molar refractivity (Wildman–Crippen MR) is 84.7 cm³/mol. The summed E-state index contributed by atoms with van der Waals surface area (Å²) in [5.74, 6) is 1.25. The maximum Gasteiger partial charge on any atom is 0.426 e. The summed E-state index contributed by atoms with van der Waals surface area (Å²) in [6, 6.07) is 9.63. The molecule has 0 saturated carbocycles. The minimum Gasteiger partial charge on any atom is -0.416 e. The highest BCUT2D eigenvalue weighted by atomic mass is 16.4. The normalized spacial score (nSPS) is 11.8. The zero-order valence-electron chi connectivity index (χ0n) is 12.6. The third-order valence-corrected chi connectivity index (χ3v) is 3.56. The number of hydrogen-bond acceptors (Lipinski definition) is 3. The quantitative estimate of drug-likeness (QED) is 0.770. The third-order valence-electron chi connectivity index (χ3n) is 3.56. The van der Waals surface area contributed by atoms with E-state index >= 15 is 0 Å². The van der Waals surface area contributed by atoms with E-state index in [1.54, 1.807) is 0 Å². The zero-order valence-corrected chi connectivity index (χ0v) is 12.6. The van der Waals surface area contributed by atoms with Gasteiger partial charge in [-0.2, -0.15) is 0 Å². The van der Waals surface area contributed by atoms with Crippen molar-refractivity contribution in [3.63, 3.8) is 0 Å². The summed E-state index contributed by atoms with van der Waals surface area (Å²) in [6.45, 7) is 1.99. The number of nitrogens with zero attached hydrogens (tertiary/aromatic N) is 1. The van der Waals surface area contributed by atoms with E-state index < -0.39 is 5.76 Å². The number of terminal acetylenes is 1. The minimum atomic E-state index is -0.644. The fourth-order valence-corrected chi connectivity index (χ4v) is 2.48. The van der Waals surface area contributed by atoms with Crippen LogP contribution in [0.25, 0.3) is 0 Å². The van der Waals surface area contributed by atoms with E-state index in [9.17, 15) is 9.59 Å². The van der Waals surface area contributed by atoms with Gasteiger partial charge in [-0.05, 0) is 12.0 Å². The molecule has 2 aromatic rings. The Kier molecular flexibility index (Phi) is 5.37. The summed E-state index contributed by atoms with van der Waals surface area (Å²) in [4.78, 5) is 24.5. The van der Waals surface area contributed by atoms with E-state index in [2.05, 4.69) is 5.92 Å². The van der Waals surface area contributed by atoms with E-state index in [0.29, 0.717) is 25.0 Å². The molecule has 114 valence electrons. The topological polar surface area (TPSA) is 52.2 Å². The van der Waals surface area contributed by atoms with Gasteiger partial charge in [0.1, 0.15) is 6.26 Å². The second kappa shape index (κ2) is 7.46. The molecule has 1 aromatic heterocycles. The molecule has 1 atom stereocenters. The van der Waals surface area contributed by atoms with E-state index in [-0.39, 0.29) is 11.8 Å². The smallest absolute Gasteiger partial charge is 0.416 e. The van der Waals surface area contributed by atoms with Crippen LogP contribution in [0.5, 0.6) is 0 Å². The van der Waals surface area contributed by atoms with Crippen LogP contribution in [-0.2, 0) is 6.42 Å². The Balaban J connectivity index is 2.31. The summed E-state index contributed by atoms with van der Waals surface area (Å²) in [7, 11) is 0. The van der Waals surface area contributed by atoms with Gasteiger partial charge in [-0.3, -0.25) is 4.79 Å². The summed E-state index contributed by atoms with van der Waals surface area (Å²) in [6.07, 6.45) is 8.97. The van der Waals surface area contributed by atoms with Crippen LogP contribution in [-0.4, -0.2) is 10.5 Å². The highest BCUT2D eigenvalue weighted by molar-refractivity contribution is 5.82. The van der Waals surface area contributed by atoms with Crippen molar-refractivity contribution in [1.29, 1.82) is 0 Å². The van der Waals surface area contributed by atoms with Crippen LogP contribution in [0.4, 0.5) is 0 Å². The second-order valence-electron chi connectivity index (χ2n) is 5.22. The van der Waals surface area contributed by atoms with Crippen molar-refractivity contribution in [2.75, 3.05) is 0 Å². The Bertz CT molecular complexity index is 719. The molecule has 0 radical (unpaired) electrons. The molecular weight excluding hydrogens is 278 g/mol. The van der Waals surface area contributed by atoms with Gasteiger partial charge in [-0.25, -0.2) is 9.36 Å². The monoisotopic (exact) mass is 297 g/mol. The summed E-state index contributed by atoms with van der Waals surface area (Å²) >= 11 is 0. The van der Waals surface area contributed by atoms with Crippen LogP contribution in [0.1, 0.15) is 42.2 Å². The minimum absolute atomic E-state index is 0.274. The number of carbonyl (C=O) groups is 1. The van der Waals surface area contributed by atoms with Gasteiger partial charge in [0.15, 0.2) is 0 Å². The first kappa shape index (κ1) is 15.8. The third kappa shape index (κ3) is 3.56. The van der Waals surface area contributed by atoms with Crippen molar-refractivity contribution in [1.82, 2.24) is 4.57 Å². The van der Waals surface area contributed by atoms with Crippen LogP contribution < -0.4 is 5.76 Å². The SMILES string of the molecule is C#CC[C@@H](CCC)C(=O)n1c(Cc2ccccc2)coc1=O. The average molecular weight is 297 g/mol. The van der Waals surface area contributed by atoms with E-state index in [1.165, 1.54) is 6.26 Å². The highest BCUT2D eigenvalue weighted by Crippen LogP contribution is 2.16. The number of benzene rings is 1. The Labute approximate surface area is 129 Å². The Morgan fingerprint density at radius 1 is 1.36 bits per heavy atom. The predicted octanol–water partition coefficient (Wildman–Crippen LogP) is 3.11. The Morgan fingerprint density at radius 2 is 2.09 bits per heavy atom.